The largest absolute Gasteiger partial charge is 0.481 e. The average Bonchev–Trinajstić information content (AvgIpc) is 2.86. The topological polar surface area (TPSA) is 121 Å². The van der Waals surface area contributed by atoms with E-state index in [1.807, 2.05) is 0 Å². The summed E-state index contributed by atoms with van der Waals surface area (Å²) in [5.41, 5.74) is 0.559. The van der Waals surface area contributed by atoms with Gasteiger partial charge in [-0.3, -0.25) is 9.78 Å². The number of sulfonamides is 1. The van der Waals surface area contributed by atoms with Crippen molar-refractivity contribution >= 4 is 27.1 Å². The Morgan fingerprint density at radius 3 is 2.91 bits per heavy atom. The van der Waals surface area contributed by atoms with E-state index in [1.165, 1.54) is 22.5 Å². The van der Waals surface area contributed by atoms with Gasteiger partial charge in [0.05, 0.1) is 16.3 Å². The molecule has 0 spiro atoms. The minimum Gasteiger partial charge on any atom is -0.481 e. The second kappa shape index (κ2) is 5.25. The molecule has 0 amide bonds. The Bertz CT molecular complexity index is 881. The number of carbonyl (C=O) groups is 1. The summed E-state index contributed by atoms with van der Waals surface area (Å²) in [6.45, 7) is 0.230. The number of oxazole rings is 1. The number of aromatic amines is 1. The highest BCUT2D eigenvalue weighted by atomic mass is 32.2. The molecule has 0 saturated carbocycles. The molecule has 2 aromatic rings. The third-order valence-corrected chi connectivity index (χ3v) is 5.62. The maximum Gasteiger partial charge on any atom is 0.417 e. The highest BCUT2D eigenvalue weighted by Gasteiger charge is 2.33. The Kier molecular flexibility index (Phi) is 3.53. The van der Waals surface area contributed by atoms with Gasteiger partial charge in [-0.15, -0.1) is 0 Å². The predicted octanol–water partition coefficient (Wildman–Crippen LogP) is 0.606. The number of aliphatic carboxylic acids is 1. The van der Waals surface area contributed by atoms with E-state index in [2.05, 4.69) is 4.98 Å². The number of hydrogen-bond donors (Lipinski definition) is 2. The van der Waals surface area contributed by atoms with Crippen LogP contribution in [-0.2, 0) is 14.8 Å². The van der Waals surface area contributed by atoms with Gasteiger partial charge in [0.1, 0.15) is 0 Å². The van der Waals surface area contributed by atoms with E-state index < -0.39 is 27.7 Å². The maximum absolute atomic E-state index is 12.6. The van der Waals surface area contributed by atoms with E-state index in [4.69, 9.17) is 9.52 Å². The molecule has 0 radical (unpaired) electrons. The number of nitrogens with zero attached hydrogens (tertiary/aromatic N) is 1. The first-order chi connectivity index (χ1) is 10.4. The number of nitrogens with one attached hydrogen (secondary N) is 1. The van der Waals surface area contributed by atoms with Gasteiger partial charge in [0, 0.05) is 19.2 Å². The summed E-state index contributed by atoms with van der Waals surface area (Å²) in [6.07, 6.45) is 0.963. The van der Waals surface area contributed by atoms with Crippen LogP contribution < -0.4 is 5.76 Å². The number of rotatable bonds is 3. The number of carboxylic acids is 1. The van der Waals surface area contributed by atoms with Crippen LogP contribution in [-0.4, -0.2) is 41.9 Å². The smallest absolute Gasteiger partial charge is 0.417 e. The first kappa shape index (κ1) is 14.8. The van der Waals surface area contributed by atoms with Crippen molar-refractivity contribution < 1.29 is 22.7 Å². The Labute approximate surface area is 125 Å². The van der Waals surface area contributed by atoms with Gasteiger partial charge < -0.3 is 9.52 Å². The molecule has 2 N–H and O–H groups in total. The van der Waals surface area contributed by atoms with Crippen molar-refractivity contribution in [3.8, 4) is 0 Å². The second-order valence-electron chi connectivity index (χ2n) is 5.21. The zero-order chi connectivity index (χ0) is 15.9. The fourth-order valence-corrected chi connectivity index (χ4v) is 4.14. The standard InChI is InChI=1S/C13H14N2O6S/c16-12(17)8-2-1-5-15(7-8)22(19,20)9-3-4-10-11(6-9)21-13(18)14-10/h3-4,6,8H,1-2,5,7H2,(H,14,18)(H,16,17)/t8-/m1/s1. The van der Waals surface area contributed by atoms with Crippen LogP contribution in [0.2, 0.25) is 0 Å². The fourth-order valence-electron chi connectivity index (χ4n) is 2.60. The zero-order valence-electron chi connectivity index (χ0n) is 11.5. The van der Waals surface area contributed by atoms with Crippen LogP contribution >= 0.6 is 0 Å². The van der Waals surface area contributed by atoms with E-state index in [-0.39, 0.29) is 23.6 Å². The van der Waals surface area contributed by atoms with Crippen molar-refractivity contribution in [3.05, 3.63) is 28.7 Å². The van der Waals surface area contributed by atoms with Gasteiger partial charge in [-0.1, -0.05) is 0 Å². The lowest BCUT2D eigenvalue weighted by molar-refractivity contribution is -0.142. The van der Waals surface area contributed by atoms with E-state index in [1.54, 1.807) is 0 Å². The lowest BCUT2D eigenvalue weighted by Crippen LogP contribution is -2.42. The second-order valence-corrected chi connectivity index (χ2v) is 7.15. The summed E-state index contributed by atoms with van der Waals surface area (Å²) in [5.74, 6) is -2.35. The molecule has 1 aliphatic heterocycles. The Hall–Kier alpha value is -2.13. The monoisotopic (exact) mass is 326 g/mol. The molecule has 9 heteroatoms. The summed E-state index contributed by atoms with van der Waals surface area (Å²) in [5, 5.41) is 9.06. The maximum atomic E-state index is 12.6. The van der Waals surface area contributed by atoms with Crippen LogP contribution in [0.1, 0.15) is 12.8 Å². The summed E-state index contributed by atoms with van der Waals surface area (Å²) >= 11 is 0. The predicted molar refractivity (Wildman–Crippen MR) is 76.0 cm³/mol. The van der Waals surface area contributed by atoms with Crippen LogP contribution in [0.5, 0.6) is 0 Å². The van der Waals surface area contributed by atoms with Crippen LogP contribution in [0.4, 0.5) is 0 Å². The highest BCUT2D eigenvalue weighted by Crippen LogP contribution is 2.25. The molecule has 1 saturated heterocycles. The molecule has 118 valence electrons. The van der Waals surface area contributed by atoms with Gasteiger partial charge in [0.25, 0.3) is 0 Å². The molecule has 1 fully saturated rings. The van der Waals surface area contributed by atoms with Crippen LogP contribution in [0.3, 0.4) is 0 Å². The normalized spacial score (nSPS) is 20.3. The van der Waals surface area contributed by atoms with Crippen molar-refractivity contribution in [2.75, 3.05) is 13.1 Å². The lowest BCUT2D eigenvalue weighted by Gasteiger charge is -2.29. The molecule has 0 aliphatic carbocycles. The Morgan fingerprint density at radius 1 is 1.41 bits per heavy atom. The number of benzene rings is 1. The number of hydrogen-bond acceptors (Lipinski definition) is 5. The van der Waals surface area contributed by atoms with Crippen LogP contribution in [0, 0.1) is 5.92 Å². The van der Waals surface area contributed by atoms with Crippen molar-refractivity contribution in [3.63, 3.8) is 0 Å². The summed E-state index contributed by atoms with van der Waals surface area (Å²) < 4.78 is 31.2. The first-order valence-corrected chi connectivity index (χ1v) is 8.18. The molecule has 1 aliphatic rings. The third-order valence-electron chi connectivity index (χ3n) is 3.76. The minimum atomic E-state index is -3.82. The molecule has 1 aromatic heterocycles. The van der Waals surface area contributed by atoms with Gasteiger partial charge in [0.2, 0.25) is 10.0 Å². The first-order valence-electron chi connectivity index (χ1n) is 6.74. The van der Waals surface area contributed by atoms with Gasteiger partial charge in [-0.25, -0.2) is 13.2 Å². The fraction of sp³-hybridized carbons (Fsp3) is 0.385. The number of carboxylic acid groups (broad SMARTS) is 1. The summed E-state index contributed by atoms with van der Waals surface area (Å²) in [7, 11) is -3.82. The molecule has 8 nitrogen and oxygen atoms in total. The van der Waals surface area contributed by atoms with E-state index in [0.717, 1.165) is 0 Å². The highest BCUT2D eigenvalue weighted by molar-refractivity contribution is 7.89. The van der Waals surface area contributed by atoms with Gasteiger partial charge >= 0.3 is 11.7 Å². The van der Waals surface area contributed by atoms with Gasteiger partial charge in [0.15, 0.2) is 5.58 Å². The van der Waals surface area contributed by atoms with Crippen molar-refractivity contribution in [2.24, 2.45) is 5.92 Å². The van der Waals surface area contributed by atoms with Crippen molar-refractivity contribution in [1.82, 2.24) is 9.29 Å². The summed E-state index contributed by atoms with van der Waals surface area (Å²) in [4.78, 5) is 24.6. The SMILES string of the molecule is O=C(O)[C@@H]1CCCN(S(=O)(=O)c2ccc3[nH]c(=O)oc3c2)C1. The molecule has 22 heavy (non-hydrogen) atoms. The molecule has 3 rings (SSSR count). The molecule has 1 aromatic carbocycles. The molecular formula is C13H14N2O6S. The summed E-state index contributed by atoms with van der Waals surface area (Å²) in [6, 6.07) is 4.09. The number of aromatic nitrogens is 1. The molecule has 0 unspecified atom stereocenters. The molecule has 1 atom stereocenters. The van der Waals surface area contributed by atoms with Crippen molar-refractivity contribution in [2.45, 2.75) is 17.7 Å². The number of piperidine rings is 1. The third kappa shape index (κ3) is 2.53. The van der Waals surface area contributed by atoms with Crippen molar-refractivity contribution in [1.29, 1.82) is 0 Å². The molecular weight excluding hydrogens is 312 g/mol. The van der Waals surface area contributed by atoms with Gasteiger partial charge in [-0.2, -0.15) is 4.31 Å². The lowest BCUT2D eigenvalue weighted by atomic mass is 10.0. The Balaban J connectivity index is 1.96. The zero-order valence-corrected chi connectivity index (χ0v) is 12.3. The van der Waals surface area contributed by atoms with Crippen LogP contribution in [0.25, 0.3) is 11.1 Å². The van der Waals surface area contributed by atoms with E-state index in [0.29, 0.717) is 18.4 Å². The van der Waals surface area contributed by atoms with Gasteiger partial charge in [-0.05, 0) is 25.0 Å². The molecule has 2 heterocycles. The average molecular weight is 326 g/mol. The minimum absolute atomic E-state index is 0.0196. The van der Waals surface area contributed by atoms with E-state index in [9.17, 15) is 18.0 Å². The quantitative estimate of drug-likeness (QED) is 0.852. The van der Waals surface area contributed by atoms with E-state index >= 15 is 0 Å². The molecule has 0 bridgehead atoms. The Morgan fingerprint density at radius 2 is 2.18 bits per heavy atom. The van der Waals surface area contributed by atoms with Crippen LogP contribution in [0.15, 0.2) is 32.3 Å². The number of H-pyrrole nitrogens is 1. The number of fused-ring (bicyclic) bond motifs is 1.